The second-order valence-electron chi connectivity index (χ2n) is 3.05. The summed E-state index contributed by atoms with van der Waals surface area (Å²) >= 11 is 0. The molecule has 2 nitrogen and oxygen atoms in total. The van der Waals surface area contributed by atoms with Crippen LogP contribution in [0.5, 0.6) is 0 Å². The molecule has 0 amide bonds. The van der Waals surface area contributed by atoms with Crippen molar-refractivity contribution in [2.45, 2.75) is 26.3 Å². The Morgan fingerprint density at radius 2 is 2.36 bits per heavy atom. The summed E-state index contributed by atoms with van der Waals surface area (Å²) in [6.07, 6.45) is 3.05. The summed E-state index contributed by atoms with van der Waals surface area (Å²) in [5.41, 5.74) is 1.30. The largest absolute Gasteiger partial charge is 0.365 e. The van der Waals surface area contributed by atoms with Crippen LogP contribution in [0.2, 0.25) is 0 Å². The average Bonchev–Trinajstić information content (AvgIpc) is 2.39. The van der Waals surface area contributed by atoms with Gasteiger partial charge in [-0.1, -0.05) is 13.8 Å². The van der Waals surface area contributed by atoms with Crippen LogP contribution < -0.4 is 5.32 Å². The van der Waals surface area contributed by atoms with Crippen LogP contribution in [0.1, 0.15) is 19.5 Å². The average molecular weight is 152 g/mol. The Kier molecular flexibility index (Phi) is 3.17. The van der Waals surface area contributed by atoms with Crippen molar-refractivity contribution >= 4 is 0 Å². The minimum Gasteiger partial charge on any atom is -0.365 e. The highest BCUT2D eigenvalue weighted by molar-refractivity contribution is 5.03. The van der Waals surface area contributed by atoms with Crippen molar-refractivity contribution in [2.75, 3.05) is 6.54 Å². The van der Waals surface area contributed by atoms with Crippen LogP contribution in [0.25, 0.3) is 0 Å². The normalized spacial score (nSPS) is 10.8. The van der Waals surface area contributed by atoms with Crippen molar-refractivity contribution < 1.29 is 0 Å². The van der Waals surface area contributed by atoms with Gasteiger partial charge in [-0.3, -0.25) is 0 Å². The van der Waals surface area contributed by atoms with Crippen LogP contribution in [0, 0.1) is 0 Å². The molecule has 0 aliphatic rings. The smallest absolute Gasteiger partial charge is 0.0159 e. The fraction of sp³-hybridized carbons (Fsp3) is 0.556. The third kappa shape index (κ3) is 3.23. The lowest BCUT2D eigenvalue weighted by Crippen LogP contribution is -2.24. The van der Waals surface area contributed by atoms with Crippen LogP contribution in [0.3, 0.4) is 0 Å². The van der Waals surface area contributed by atoms with Crippen molar-refractivity contribution in [3.05, 3.63) is 24.0 Å². The van der Waals surface area contributed by atoms with Crippen LogP contribution >= 0.6 is 0 Å². The summed E-state index contributed by atoms with van der Waals surface area (Å²) in [5, 5.41) is 3.36. The third-order valence-electron chi connectivity index (χ3n) is 1.61. The maximum absolute atomic E-state index is 3.36. The Bertz CT molecular complexity index is 177. The number of aromatic amines is 1. The SMILES string of the molecule is CC(C)NCCc1ccc[nH]1. The fourth-order valence-electron chi connectivity index (χ4n) is 1.02. The van der Waals surface area contributed by atoms with E-state index in [1.54, 1.807) is 0 Å². The maximum Gasteiger partial charge on any atom is 0.0159 e. The first-order valence-electron chi connectivity index (χ1n) is 4.14. The molecule has 1 heterocycles. The molecular formula is C9H16N2. The minimum absolute atomic E-state index is 0.588. The fourth-order valence-corrected chi connectivity index (χ4v) is 1.02. The standard InChI is InChI=1S/C9H16N2/c1-8(2)10-7-5-9-4-3-6-11-9/h3-4,6,8,10-11H,5,7H2,1-2H3. The number of nitrogens with one attached hydrogen (secondary N) is 2. The molecule has 0 bridgehead atoms. The van der Waals surface area contributed by atoms with Gasteiger partial charge in [0.1, 0.15) is 0 Å². The molecule has 62 valence electrons. The van der Waals surface area contributed by atoms with Crippen molar-refractivity contribution in [1.29, 1.82) is 0 Å². The van der Waals surface area contributed by atoms with Gasteiger partial charge >= 0.3 is 0 Å². The molecule has 0 unspecified atom stereocenters. The lowest BCUT2D eigenvalue weighted by molar-refractivity contribution is 0.588. The number of hydrogen-bond acceptors (Lipinski definition) is 1. The highest BCUT2D eigenvalue weighted by atomic mass is 14.9. The van der Waals surface area contributed by atoms with Gasteiger partial charge in [0.25, 0.3) is 0 Å². The number of rotatable bonds is 4. The van der Waals surface area contributed by atoms with E-state index in [0.717, 1.165) is 13.0 Å². The van der Waals surface area contributed by atoms with E-state index in [1.807, 2.05) is 12.3 Å². The van der Waals surface area contributed by atoms with Gasteiger partial charge in [-0.25, -0.2) is 0 Å². The zero-order valence-electron chi connectivity index (χ0n) is 7.22. The van der Waals surface area contributed by atoms with Gasteiger partial charge in [-0.15, -0.1) is 0 Å². The first-order valence-corrected chi connectivity index (χ1v) is 4.14. The number of hydrogen-bond donors (Lipinski definition) is 2. The molecule has 2 N–H and O–H groups in total. The zero-order chi connectivity index (χ0) is 8.10. The van der Waals surface area contributed by atoms with Gasteiger partial charge in [-0.05, 0) is 18.6 Å². The Labute approximate surface area is 68.0 Å². The van der Waals surface area contributed by atoms with E-state index < -0.39 is 0 Å². The summed E-state index contributed by atoms with van der Waals surface area (Å²) < 4.78 is 0. The van der Waals surface area contributed by atoms with E-state index in [1.165, 1.54) is 5.69 Å². The highest BCUT2D eigenvalue weighted by Gasteiger charge is 1.93. The van der Waals surface area contributed by atoms with Gasteiger partial charge < -0.3 is 10.3 Å². The van der Waals surface area contributed by atoms with E-state index >= 15 is 0 Å². The predicted molar refractivity (Wildman–Crippen MR) is 47.6 cm³/mol. The third-order valence-corrected chi connectivity index (χ3v) is 1.61. The van der Waals surface area contributed by atoms with E-state index in [0.29, 0.717) is 6.04 Å². The summed E-state index contributed by atoms with van der Waals surface area (Å²) in [6.45, 7) is 5.38. The van der Waals surface area contributed by atoms with Gasteiger partial charge in [0.05, 0.1) is 0 Å². The van der Waals surface area contributed by atoms with E-state index in [2.05, 4.69) is 30.2 Å². The molecule has 0 atom stereocenters. The molecule has 0 aliphatic carbocycles. The number of H-pyrrole nitrogens is 1. The van der Waals surface area contributed by atoms with E-state index in [-0.39, 0.29) is 0 Å². The van der Waals surface area contributed by atoms with Crippen LogP contribution in [0.4, 0.5) is 0 Å². The summed E-state index contributed by atoms with van der Waals surface area (Å²) in [6, 6.07) is 4.73. The lowest BCUT2D eigenvalue weighted by atomic mass is 10.3. The quantitative estimate of drug-likeness (QED) is 0.673. The van der Waals surface area contributed by atoms with Crippen molar-refractivity contribution in [2.24, 2.45) is 0 Å². The molecule has 0 aliphatic heterocycles. The summed E-state index contributed by atoms with van der Waals surface area (Å²) in [7, 11) is 0. The van der Waals surface area contributed by atoms with Crippen molar-refractivity contribution in [1.82, 2.24) is 10.3 Å². The van der Waals surface area contributed by atoms with Gasteiger partial charge in [0.2, 0.25) is 0 Å². The highest BCUT2D eigenvalue weighted by Crippen LogP contribution is 1.94. The number of aromatic nitrogens is 1. The van der Waals surface area contributed by atoms with Crippen LogP contribution in [0.15, 0.2) is 18.3 Å². The van der Waals surface area contributed by atoms with Gasteiger partial charge in [0, 0.05) is 24.5 Å². The monoisotopic (exact) mass is 152 g/mol. The Hall–Kier alpha value is -0.760. The van der Waals surface area contributed by atoms with E-state index in [9.17, 15) is 0 Å². The second-order valence-corrected chi connectivity index (χ2v) is 3.05. The molecule has 0 saturated heterocycles. The van der Waals surface area contributed by atoms with Gasteiger partial charge in [-0.2, -0.15) is 0 Å². The van der Waals surface area contributed by atoms with Crippen molar-refractivity contribution in [3.8, 4) is 0 Å². The Morgan fingerprint density at radius 1 is 1.55 bits per heavy atom. The zero-order valence-corrected chi connectivity index (χ0v) is 7.22. The Balaban J connectivity index is 2.14. The summed E-state index contributed by atoms with van der Waals surface area (Å²) in [5.74, 6) is 0. The second kappa shape index (κ2) is 4.19. The maximum atomic E-state index is 3.36. The molecule has 1 aromatic rings. The summed E-state index contributed by atoms with van der Waals surface area (Å²) in [4.78, 5) is 3.17. The van der Waals surface area contributed by atoms with Crippen molar-refractivity contribution in [3.63, 3.8) is 0 Å². The van der Waals surface area contributed by atoms with Gasteiger partial charge in [0.15, 0.2) is 0 Å². The molecule has 1 rings (SSSR count). The molecule has 0 saturated carbocycles. The first-order chi connectivity index (χ1) is 5.29. The molecule has 0 spiro atoms. The van der Waals surface area contributed by atoms with Crippen LogP contribution in [-0.2, 0) is 6.42 Å². The lowest BCUT2D eigenvalue weighted by Gasteiger charge is -2.05. The molecule has 11 heavy (non-hydrogen) atoms. The molecule has 0 fully saturated rings. The molecular weight excluding hydrogens is 136 g/mol. The van der Waals surface area contributed by atoms with Crippen LogP contribution in [-0.4, -0.2) is 17.6 Å². The van der Waals surface area contributed by atoms with E-state index in [4.69, 9.17) is 0 Å². The first kappa shape index (κ1) is 8.34. The minimum atomic E-state index is 0.588. The molecule has 1 aromatic heterocycles. The molecule has 2 heteroatoms. The molecule has 0 radical (unpaired) electrons. The predicted octanol–water partition coefficient (Wildman–Crippen LogP) is 1.56. The Morgan fingerprint density at radius 3 is 2.91 bits per heavy atom. The topological polar surface area (TPSA) is 27.8 Å². The molecule has 0 aromatic carbocycles.